The third kappa shape index (κ3) is 0.707. The number of nitrogens with zero attached hydrogens (tertiary/aromatic N) is 2. The molecule has 0 aliphatic carbocycles. The topological polar surface area (TPSA) is 41.8 Å². The number of carbonyl (C=O) groups excluding carboxylic acids is 1. The van der Waals surface area contributed by atoms with Crippen molar-refractivity contribution in [2.45, 2.75) is 0 Å². The summed E-state index contributed by atoms with van der Waals surface area (Å²) in [7, 11) is 0. The number of hydrogen-bond acceptors (Lipinski definition) is 3. The molecule has 0 fully saturated rings. The van der Waals surface area contributed by atoms with Crippen molar-refractivity contribution in [3.8, 4) is 0 Å². The molecule has 0 bridgehead atoms. The van der Waals surface area contributed by atoms with Crippen molar-refractivity contribution in [1.82, 2.24) is 0 Å². The van der Waals surface area contributed by atoms with Crippen LogP contribution < -0.4 is 0 Å². The van der Waals surface area contributed by atoms with Crippen LogP contribution in [0.3, 0.4) is 0 Å². The van der Waals surface area contributed by atoms with Crippen LogP contribution >= 0.6 is 0 Å². The van der Waals surface area contributed by atoms with E-state index in [0.717, 1.165) is 0 Å². The van der Waals surface area contributed by atoms with E-state index in [9.17, 15) is 4.79 Å². The third-order valence-corrected chi connectivity index (χ3v) is 0.664. The number of amidine groups is 1. The number of aldehydes is 1. The average Bonchev–Trinajstić information content (AvgIpc) is 2.14. The summed E-state index contributed by atoms with van der Waals surface area (Å²) in [4.78, 5) is 17.1. The van der Waals surface area contributed by atoms with Crippen LogP contribution in [0.2, 0.25) is 0 Å². The van der Waals surface area contributed by atoms with Gasteiger partial charge in [0.15, 0.2) is 12.1 Å². The lowest BCUT2D eigenvalue weighted by atomic mass is 10.7. The molecule has 0 saturated heterocycles. The number of rotatable bonds is 1. The first kappa shape index (κ1) is 4.18. The van der Waals surface area contributed by atoms with Gasteiger partial charge in [-0.3, -0.25) is 9.79 Å². The van der Waals surface area contributed by atoms with Gasteiger partial charge in [0.25, 0.3) is 0 Å². The maximum Gasteiger partial charge on any atom is 0.188 e. The Morgan fingerprint density at radius 1 is 1.86 bits per heavy atom. The molecule has 0 saturated carbocycles. The molecule has 0 N–H and O–H groups in total. The molecule has 1 heterocycles. The second-order valence-electron chi connectivity index (χ2n) is 1.13. The molecular weight excluding hydrogens is 92.1 g/mol. The summed E-state index contributed by atoms with van der Waals surface area (Å²) in [6.45, 7) is 0.564. The highest BCUT2D eigenvalue weighted by Crippen LogP contribution is 1.82. The van der Waals surface area contributed by atoms with Gasteiger partial charge in [-0.05, 0) is 0 Å². The highest BCUT2D eigenvalue weighted by Gasteiger charge is 1.94. The molecule has 0 aromatic carbocycles. The van der Waals surface area contributed by atoms with Gasteiger partial charge in [-0.2, -0.15) is 0 Å². The summed E-state index contributed by atoms with van der Waals surface area (Å²) in [6.07, 6.45) is 2.24. The van der Waals surface area contributed by atoms with Crippen LogP contribution in [0.5, 0.6) is 0 Å². The van der Waals surface area contributed by atoms with Gasteiger partial charge < -0.3 is 0 Å². The predicted molar refractivity (Wildman–Crippen MR) is 26.9 cm³/mol. The first-order valence-corrected chi connectivity index (χ1v) is 1.95. The van der Waals surface area contributed by atoms with E-state index in [-0.39, 0.29) is 0 Å². The van der Waals surface area contributed by atoms with Gasteiger partial charge in [0, 0.05) is 6.21 Å². The minimum atomic E-state index is 0.306. The van der Waals surface area contributed by atoms with Gasteiger partial charge in [0.05, 0.1) is 6.54 Å². The zero-order valence-corrected chi connectivity index (χ0v) is 3.66. The van der Waals surface area contributed by atoms with Gasteiger partial charge in [0.1, 0.15) is 0 Å². The molecule has 36 valence electrons. The predicted octanol–water partition coefficient (Wildman–Crippen LogP) is -0.332. The molecule has 0 aromatic rings. The molecule has 1 aliphatic rings. The number of hydrogen-bond donors (Lipinski definition) is 0. The summed E-state index contributed by atoms with van der Waals surface area (Å²) in [6, 6.07) is 0. The van der Waals surface area contributed by atoms with Crippen LogP contribution in [0.15, 0.2) is 9.98 Å². The maximum atomic E-state index is 9.76. The van der Waals surface area contributed by atoms with E-state index in [0.29, 0.717) is 18.7 Å². The Morgan fingerprint density at radius 3 is 3.00 bits per heavy atom. The van der Waals surface area contributed by atoms with Crippen LogP contribution in [-0.4, -0.2) is 24.9 Å². The lowest BCUT2D eigenvalue weighted by molar-refractivity contribution is -0.102. The molecule has 3 nitrogen and oxygen atoms in total. The summed E-state index contributed by atoms with van der Waals surface area (Å²) in [5, 5.41) is 0. The SMILES string of the molecule is O=CC1=NCC=N1. The molecule has 1 rings (SSSR count). The van der Waals surface area contributed by atoms with Crippen LogP contribution in [0.1, 0.15) is 0 Å². The van der Waals surface area contributed by atoms with Gasteiger partial charge in [-0.1, -0.05) is 0 Å². The molecule has 0 amide bonds. The molecule has 0 unspecified atom stereocenters. The van der Waals surface area contributed by atoms with E-state index in [4.69, 9.17) is 0 Å². The summed E-state index contributed by atoms with van der Waals surface area (Å²) in [5.74, 6) is 0.306. The molecule has 0 radical (unpaired) electrons. The second-order valence-corrected chi connectivity index (χ2v) is 1.13. The third-order valence-electron chi connectivity index (χ3n) is 0.664. The number of carbonyl (C=O) groups is 1. The Balaban J connectivity index is 2.69. The standard InChI is InChI=1S/C4H4N2O/c7-3-4-5-1-2-6-4/h1,3H,2H2. The summed E-state index contributed by atoms with van der Waals surface area (Å²) < 4.78 is 0. The Morgan fingerprint density at radius 2 is 2.71 bits per heavy atom. The zero-order chi connectivity index (χ0) is 5.11. The van der Waals surface area contributed by atoms with Crippen LogP contribution in [-0.2, 0) is 4.79 Å². The monoisotopic (exact) mass is 96.0 g/mol. The van der Waals surface area contributed by atoms with Crippen molar-refractivity contribution in [2.75, 3.05) is 6.54 Å². The minimum absolute atomic E-state index is 0.306. The fourth-order valence-electron chi connectivity index (χ4n) is 0.377. The highest BCUT2D eigenvalue weighted by atomic mass is 16.1. The summed E-state index contributed by atoms with van der Waals surface area (Å²) >= 11 is 0. The zero-order valence-electron chi connectivity index (χ0n) is 3.66. The van der Waals surface area contributed by atoms with Crippen molar-refractivity contribution in [1.29, 1.82) is 0 Å². The van der Waals surface area contributed by atoms with Crippen molar-refractivity contribution in [3.63, 3.8) is 0 Å². The van der Waals surface area contributed by atoms with E-state index in [2.05, 4.69) is 9.98 Å². The van der Waals surface area contributed by atoms with E-state index >= 15 is 0 Å². The van der Waals surface area contributed by atoms with E-state index in [1.807, 2.05) is 0 Å². The molecule has 0 spiro atoms. The van der Waals surface area contributed by atoms with Crippen molar-refractivity contribution in [3.05, 3.63) is 0 Å². The van der Waals surface area contributed by atoms with Gasteiger partial charge in [-0.25, -0.2) is 4.99 Å². The molecule has 3 heteroatoms. The highest BCUT2D eigenvalue weighted by molar-refractivity contribution is 6.30. The molecule has 0 aromatic heterocycles. The second kappa shape index (κ2) is 1.64. The number of aliphatic imine (C=N–C) groups is 2. The first-order valence-electron chi connectivity index (χ1n) is 1.95. The van der Waals surface area contributed by atoms with Crippen LogP contribution in [0.4, 0.5) is 0 Å². The van der Waals surface area contributed by atoms with Crippen molar-refractivity contribution < 1.29 is 4.79 Å². The normalized spacial score (nSPS) is 16.9. The summed E-state index contributed by atoms with van der Waals surface area (Å²) in [5.41, 5.74) is 0. The molecule has 7 heavy (non-hydrogen) atoms. The van der Waals surface area contributed by atoms with Crippen molar-refractivity contribution >= 4 is 18.3 Å². The van der Waals surface area contributed by atoms with Gasteiger partial charge in [0.2, 0.25) is 0 Å². The molecule has 1 aliphatic heterocycles. The molecule has 0 atom stereocenters. The fraction of sp³-hybridized carbons (Fsp3) is 0.250. The quantitative estimate of drug-likeness (QED) is 0.412. The Hall–Kier alpha value is -0.990. The van der Waals surface area contributed by atoms with Crippen LogP contribution in [0, 0.1) is 0 Å². The first-order chi connectivity index (χ1) is 3.43. The fourth-order valence-corrected chi connectivity index (χ4v) is 0.377. The van der Waals surface area contributed by atoms with Crippen molar-refractivity contribution in [2.24, 2.45) is 9.98 Å². The molecular formula is C4H4N2O. The average molecular weight is 96.1 g/mol. The Bertz CT molecular complexity index is 137. The Labute approximate surface area is 40.8 Å². The van der Waals surface area contributed by atoms with Crippen LogP contribution in [0.25, 0.3) is 0 Å². The van der Waals surface area contributed by atoms with E-state index < -0.39 is 0 Å². The lowest BCUT2D eigenvalue weighted by Gasteiger charge is -1.71. The van der Waals surface area contributed by atoms with E-state index in [1.54, 1.807) is 6.21 Å². The van der Waals surface area contributed by atoms with E-state index in [1.165, 1.54) is 0 Å². The Kier molecular flexibility index (Phi) is 0.978. The minimum Gasteiger partial charge on any atom is -0.294 e. The maximum absolute atomic E-state index is 9.76. The smallest absolute Gasteiger partial charge is 0.188 e. The van der Waals surface area contributed by atoms with Gasteiger partial charge >= 0.3 is 0 Å². The van der Waals surface area contributed by atoms with Gasteiger partial charge in [-0.15, -0.1) is 0 Å². The largest absolute Gasteiger partial charge is 0.294 e. The lowest BCUT2D eigenvalue weighted by Crippen LogP contribution is -1.88.